The molecule has 1 aromatic heterocycles. The van der Waals surface area contributed by atoms with Crippen molar-refractivity contribution in [3.63, 3.8) is 0 Å². The number of hydrogen-bond donors (Lipinski definition) is 2. The van der Waals surface area contributed by atoms with Crippen LogP contribution in [0.3, 0.4) is 0 Å². The molecular weight excluding hydrogens is 394 g/mol. The number of nitrogens with one attached hydrogen (secondary N) is 2. The standard InChI is InChI=1S/C24H25N3O4/c1-3-16(4-2)25-23(29)21-14-27(19-11-7-8-12-20(19)31-21)24(30)18-13-15-9-5-6-10-17(15)22(28)26-18/h5-13,16,21H,3-4,14H2,1-2H3,(H,25,29)(H,26,28). The molecule has 7 heteroatoms. The highest BCUT2D eigenvalue weighted by Crippen LogP contribution is 2.34. The number of carbonyl (C=O) groups is 2. The molecule has 2 N–H and O–H groups in total. The number of carbonyl (C=O) groups excluding carboxylic acids is 2. The van der Waals surface area contributed by atoms with Crippen molar-refractivity contribution in [2.75, 3.05) is 11.4 Å². The summed E-state index contributed by atoms with van der Waals surface area (Å²) < 4.78 is 5.92. The van der Waals surface area contributed by atoms with E-state index < -0.39 is 6.10 Å². The van der Waals surface area contributed by atoms with Crippen molar-refractivity contribution < 1.29 is 14.3 Å². The quantitative estimate of drug-likeness (QED) is 0.664. The van der Waals surface area contributed by atoms with Crippen LogP contribution in [0.5, 0.6) is 5.75 Å². The molecule has 1 atom stereocenters. The van der Waals surface area contributed by atoms with Gasteiger partial charge in [-0.15, -0.1) is 0 Å². The summed E-state index contributed by atoms with van der Waals surface area (Å²) in [6.45, 7) is 4.07. The Balaban J connectivity index is 1.68. The number of benzene rings is 2. The van der Waals surface area contributed by atoms with E-state index in [0.717, 1.165) is 12.8 Å². The Labute approximate surface area is 180 Å². The first-order valence-corrected chi connectivity index (χ1v) is 10.5. The van der Waals surface area contributed by atoms with E-state index in [1.165, 1.54) is 4.90 Å². The van der Waals surface area contributed by atoms with Gasteiger partial charge in [-0.3, -0.25) is 19.3 Å². The number of aromatic nitrogens is 1. The van der Waals surface area contributed by atoms with Gasteiger partial charge in [0.05, 0.1) is 12.2 Å². The molecule has 0 saturated carbocycles. The Morgan fingerprint density at radius 2 is 1.84 bits per heavy atom. The SMILES string of the molecule is CCC(CC)NC(=O)C1CN(C(=O)c2cc3ccccc3c(=O)[nH]2)c2ccccc2O1. The Morgan fingerprint density at radius 3 is 2.61 bits per heavy atom. The van der Waals surface area contributed by atoms with Gasteiger partial charge in [-0.1, -0.05) is 44.2 Å². The van der Waals surface area contributed by atoms with Crippen molar-refractivity contribution in [2.45, 2.75) is 38.8 Å². The number of H-pyrrole nitrogens is 1. The first kappa shape index (κ1) is 20.7. The fourth-order valence-electron chi connectivity index (χ4n) is 3.82. The molecule has 3 aromatic rings. The number of fused-ring (bicyclic) bond motifs is 2. The maximum absolute atomic E-state index is 13.4. The van der Waals surface area contributed by atoms with Crippen LogP contribution in [0.4, 0.5) is 5.69 Å². The summed E-state index contributed by atoms with van der Waals surface area (Å²) in [6.07, 6.45) is 0.783. The molecule has 0 bridgehead atoms. The molecule has 0 radical (unpaired) electrons. The number of anilines is 1. The van der Waals surface area contributed by atoms with E-state index >= 15 is 0 Å². The average molecular weight is 419 g/mol. The molecule has 31 heavy (non-hydrogen) atoms. The second-order valence-electron chi connectivity index (χ2n) is 7.61. The fourth-order valence-corrected chi connectivity index (χ4v) is 3.82. The van der Waals surface area contributed by atoms with E-state index in [1.54, 1.807) is 48.5 Å². The smallest absolute Gasteiger partial charge is 0.275 e. The van der Waals surface area contributed by atoms with E-state index in [1.807, 2.05) is 19.9 Å². The normalized spacial score (nSPS) is 15.5. The van der Waals surface area contributed by atoms with Gasteiger partial charge < -0.3 is 15.0 Å². The largest absolute Gasteiger partial charge is 0.477 e. The maximum atomic E-state index is 13.4. The van der Waals surface area contributed by atoms with E-state index in [-0.39, 0.29) is 35.7 Å². The molecule has 1 aliphatic rings. The number of hydrogen-bond acceptors (Lipinski definition) is 4. The van der Waals surface area contributed by atoms with Crippen LogP contribution in [0.15, 0.2) is 59.4 Å². The third-order valence-corrected chi connectivity index (χ3v) is 5.63. The second kappa shape index (κ2) is 8.63. The number of aromatic amines is 1. The Kier molecular flexibility index (Phi) is 5.75. The van der Waals surface area contributed by atoms with E-state index in [9.17, 15) is 14.4 Å². The summed E-state index contributed by atoms with van der Waals surface area (Å²) in [6, 6.07) is 15.9. The van der Waals surface area contributed by atoms with Gasteiger partial charge in [0.15, 0.2) is 6.10 Å². The number of rotatable bonds is 5. The summed E-state index contributed by atoms with van der Waals surface area (Å²) in [5.74, 6) is -0.193. The van der Waals surface area contributed by atoms with Crippen molar-refractivity contribution in [1.29, 1.82) is 0 Å². The lowest BCUT2D eigenvalue weighted by Gasteiger charge is -2.34. The minimum Gasteiger partial charge on any atom is -0.477 e. The van der Waals surface area contributed by atoms with Crippen molar-refractivity contribution in [3.05, 3.63) is 70.6 Å². The monoisotopic (exact) mass is 419 g/mol. The van der Waals surface area contributed by atoms with Crippen LogP contribution in [0.1, 0.15) is 37.2 Å². The Bertz CT molecular complexity index is 1180. The van der Waals surface area contributed by atoms with Gasteiger partial charge in [-0.05, 0) is 42.5 Å². The lowest BCUT2D eigenvalue weighted by molar-refractivity contribution is -0.128. The average Bonchev–Trinajstić information content (AvgIpc) is 2.81. The number of ether oxygens (including phenoxy) is 1. The zero-order chi connectivity index (χ0) is 22.0. The number of nitrogens with zero attached hydrogens (tertiary/aromatic N) is 1. The predicted octanol–water partition coefficient (Wildman–Crippen LogP) is 3.24. The number of pyridine rings is 1. The van der Waals surface area contributed by atoms with E-state index in [0.29, 0.717) is 22.2 Å². The number of amides is 2. The molecule has 4 rings (SSSR count). The summed E-state index contributed by atoms with van der Waals surface area (Å²) in [5.41, 5.74) is 0.402. The van der Waals surface area contributed by atoms with E-state index in [4.69, 9.17) is 4.74 Å². The van der Waals surface area contributed by atoms with Gasteiger partial charge in [0, 0.05) is 11.4 Å². The van der Waals surface area contributed by atoms with Gasteiger partial charge in [-0.2, -0.15) is 0 Å². The Hall–Kier alpha value is -3.61. The van der Waals surface area contributed by atoms with Gasteiger partial charge >= 0.3 is 0 Å². The lowest BCUT2D eigenvalue weighted by atomic mass is 10.1. The molecule has 0 aliphatic carbocycles. The molecule has 1 unspecified atom stereocenters. The zero-order valence-electron chi connectivity index (χ0n) is 17.6. The van der Waals surface area contributed by atoms with Crippen molar-refractivity contribution >= 4 is 28.3 Å². The van der Waals surface area contributed by atoms with Gasteiger partial charge in [-0.25, -0.2) is 0 Å². The third kappa shape index (κ3) is 4.03. The highest BCUT2D eigenvalue weighted by molar-refractivity contribution is 6.08. The van der Waals surface area contributed by atoms with Gasteiger partial charge in [0.25, 0.3) is 17.4 Å². The van der Waals surface area contributed by atoms with Crippen LogP contribution >= 0.6 is 0 Å². The predicted molar refractivity (Wildman–Crippen MR) is 120 cm³/mol. The van der Waals surface area contributed by atoms with Crippen molar-refractivity contribution in [3.8, 4) is 5.75 Å². The molecule has 2 amide bonds. The van der Waals surface area contributed by atoms with Crippen LogP contribution in [0.2, 0.25) is 0 Å². The molecule has 1 aliphatic heterocycles. The molecule has 160 valence electrons. The molecule has 2 heterocycles. The zero-order valence-corrected chi connectivity index (χ0v) is 17.6. The fraction of sp³-hybridized carbons (Fsp3) is 0.292. The molecule has 0 saturated heterocycles. The summed E-state index contributed by atoms with van der Waals surface area (Å²) in [4.78, 5) is 42.9. The molecule has 7 nitrogen and oxygen atoms in total. The number of para-hydroxylation sites is 2. The summed E-state index contributed by atoms with van der Waals surface area (Å²) in [7, 11) is 0. The molecule has 2 aromatic carbocycles. The highest BCUT2D eigenvalue weighted by Gasteiger charge is 2.35. The molecule has 0 fully saturated rings. The molecular formula is C24H25N3O4. The summed E-state index contributed by atoms with van der Waals surface area (Å²) in [5, 5.41) is 4.19. The topological polar surface area (TPSA) is 91.5 Å². The van der Waals surface area contributed by atoms with Crippen LogP contribution in [-0.4, -0.2) is 35.5 Å². The van der Waals surface area contributed by atoms with Crippen molar-refractivity contribution in [2.24, 2.45) is 0 Å². The lowest BCUT2D eigenvalue weighted by Crippen LogP contribution is -2.52. The second-order valence-corrected chi connectivity index (χ2v) is 7.61. The first-order valence-electron chi connectivity index (χ1n) is 10.5. The summed E-state index contributed by atoms with van der Waals surface area (Å²) >= 11 is 0. The van der Waals surface area contributed by atoms with Crippen molar-refractivity contribution in [1.82, 2.24) is 10.3 Å². The minimum atomic E-state index is -0.841. The van der Waals surface area contributed by atoms with Gasteiger partial charge in [0.1, 0.15) is 11.4 Å². The van der Waals surface area contributed by atoms with Crippen LogP contribution in [-0.2, 0) is 4.79 Å². The van der Waals surface area contributed by atoms with Gasteiger partial charge in [0.2, 0.25) is 0 Å². The first-order chi connectivity index (χ1) is 15.0. The van der Waals surface area contributed by atoms with Crippen LogP contribution in [0, 0.1) is 0 Å². The van der Waals surface area contributed by atoms with Crippen LogP contribution < -0.4 is 20.5 Å². The molecule has 0 spiro atoms. The minimum absolute atomic E-state index is 0.0502. The highest BCUT2D eigenvalue weighted by atomic mass is 16.5. The van der Waals surface area contributed by atoms with Crippen LogP contribution in [0.25, 0.3) is 10.8 Å². The third-order valence-electron chi connectivity index (χ3n) is 5.63. The Morgan fingerprint density at radius 1 is 1.13 bits per heavy atom. The van der Waals surface area contributed by atoms with E-state index in [2.05, 4.69) is 10.3 Å². The maximum Gasteiger partial charge on any atom is 0.275 e.